The summed E-state index contributed by atoms with van der Waals surface area (Å²) >= 11 is 7.12. The van der Waals surface area contributed by atoms with E-state index >= 15 is 0 Å². The van der Waals surface area contributed by atoms with Crippen molar-refractivity contribution >= 4 is 44.8 Å². The maximum absolute atomic E-state index is 13.4. The fraction of sp³-hybridized carbons (Fsp3) is 0.192. The number of nitrogens with one attached hydrogen (secondary N) is 2. The highest BCUT2D eigenvalue weighted by Crippen LogP contribution is 2.35. The van der Waals surface area contributed by atoms with Crippen LogP contribution >= 0.6 is 22.9 Å². The Morgan fingerprint density at radius 3 is 2.29 bits per heavy atom. The molecule has 2 aromatic heterocycles. The van der Waals surface area contributed by atoms with Gasteiger partial charge in [-0.15, -0.1) is 15.7 Å². The van der Waals surface area contributed by atoms with Gasteiger partial charge in [0.25, 0.3) is 15.9 Å². The van der Waals surface area contributed by atoms with Gasteiger partial charge in [-0.2, -0.15) is 26.7 Å². The number of sulfonamides is 1. The normalized spacial score (nSPS) is 14.3. The third-order valence-corrected chi connectivity index (χ3v) is 8.58. The van der Waals surface area contributed by atoms with Gasteiger partial charge in [-0.05, 0) is 78.9 Å². The molecule has 2 aromatic carbocycles. The van der Waals surface area contributed by atoms with E-state index in [0.717, 1.165) is 23.6 Å². The highest BCUT2D eigenvalue weighted by atomic mass is 35.5. The molecule has 2 N–H and O–H groups in total. The zero-order valence-corrected chi connectivity index (χ0v) is 23.5. The minimum atomic E-state index is -4.66. The van der Waals surface area contributed by atoms with Gasteiger partial charge in [0, 0.05) is 23.7 Å². The van der Waals surface area contributed by atoms with Gasteiger partial charge in [-0.3, -0.25) is 15.6 Å². The van der Waals surface area contributed by atoms with E-state index in [-0.39, 0.29) is 22.2 Å². The van der Waals surface area contributed by atoms with Gasteiger partial charge in [-0.25, -0.2) is 4.68 Å². The third-order valence-electron chi connectivity index (χ3n) is 6.16. The lowest BCUT2D eigenvalue weighted by atomic mass is 10.2. The zero-order valence-electron chi connectivity index (χ0n) is 21.1. The predicted molar refractivity (Wildman–Crippen MR) is 149 cm³/mol. The number of hydrazine groups is 1. The lowest BCUT2D eigenvalue weighted by molar-refractivity contribution is -0.141. The average molecular weight is 623 g/mol. The van der Waals surface area contributed by atoms with E-state index in [4.69, 9.17) is 11.6 Å². The number of carbonyl (C=O) groups excluding carboxylic acids is 1. The first-order valence-electron chi connectivity index (χ1n) is 12.2. The number of halogens is 4. The summed E-state index contributed by atoms with van der Waals surface area (Å²) in [6.07, 6.45) is -3.02. The number of alkyl halides is 3. The largest absolute Gasteiger partial charge is 0.435 e. The van der Waals surface area contributed by atoms with Crippen LogP contribution in [0.25, 0.3) is 16.3 Å². The summed E-state index contributed by atoms with van der Waals surface area (Å²) in [4.78, 5) is 14.6. The first kappa shape index (κ1) is 28.6. The molecule has 0 aliphatic carbocycles. The van der Waals surface area contributed by atoms with Gasteiger partial charge in [0.1, 0.15) is 0 Å². The number of hydrogen-bond acceptors (Lipinski definition) is 5. The summed E-state index contributed by atoms with van der Waals surface area (Å²) in [5.74, 6) is -0.579. The molecule has 15 heteroatoms. The Balaban J connectivity index is 1.41. The van der Waals surface area contributed by atoms with Gasteiger partial charge in [0.15, 0.2) is 5.69 Å². The summed E-state index contributed by atoms with van der Waals surface area (Å²) in [5.41, 5.74) is 4.78. The number of amides is 1. The molecule has 1 fully saturated rings. The lowest BCUT2D eigenvalue weighted by Crippen LogP contribution is -2.49. The number of likely N-dealkylation sites (tertiary alicyclic amines) is 1. The summed E-state index contributed by atoms with van der Waals surface area (Å²) < 4.78 is 71.8. The van der Waals surface area contributed by atoms with Crippen molar-refractivity contribution in [3.05, 3.63) is 88.4 Å². The van der Waals surface area contributed by atoms with Gasteiger partial charge in [0.2, 0.25) is 5.96 Å². The number of nitrogens with zero attached hydrogens (tertiary/aromatic N) is 4. The standard InChI is InChI=1S/C26H22ClF3N6O3S2/c27-18-7-5-17(6-8-18)24(37)31-32-25(35-13-1-2-14-35)34-41(38,39)20-11-9-19(10-12-20)36-21(22-4-3-15-40-22)16-23(33-36)26(28,29)30/h3-12,15-16H,1-2,13-14H2,(H,31,37)(H,32,34). The Hall–Kier alpha value is -3.88. The number of benzene rings is 2. The van der Waals surface area contributed by atoms with E-state index in [9.17, 15) is 26.4 Å². The van der Waals surface area contributed by atoms with Crippen LogP contribution in [-0.4, -0.2) is 48.1 Å². The molecule has 9 nitrogen and oxygen atoms in total. The molecule has 214 valence electrons. The number of hydrogen-bond donors (Lipinski definition) is 2. The quantitative estimate of drug-likeness (QED) is 0.177. The van der Waals surface area contributed by atoms with Crippen molar-refractivity contribution in [2.45, 2.75) is 23.9 Å². The van der Waals surface area contributed by atoms with Crippen LogP contribution in [0.1, 0.15) is 28.9 Å². The van der Waals surface area contributed by atoms with Gasteiger partial charge < -0.3 is 4.90 Å². The molecule has 1 saturated heterocycles. The predicted octanol–water partition coefficient (Wildman–Crippen LogP) is 5.35. The Labute approximate surface area is 242 Å². The minimum absolute atomic E-state index is 0.0595. The number of carbonyl (C=O) groups is 1. The number of rotatable bonds is 5. The van der Waals surface area contributed by atoms with E-state index in [1.54, 1.807) is 34.5 Å². The van der Waals surface area contributed by atoms with Crippen molar-refractivity contribution in [1.29, 1.82) is 0 Å². The Kier molecular flexibility index (Phi) is 8.07. The first-order valence-corrected chi connectivity index (χ1v) is 14.9. The fourth-order valence-corrected chi connectivity index (χ4v) is 5.94. The monoisotopic (exact) mass is 622 g/mol. The van der Waals surface area contributed by atoms with E-state index < -0.39 is 27.8 Å². The van der Waals surface area contributed by atoms with E-state index in [0.29, 0.717) is 28.6 Å². The number of thiophene rings is 1. The molecule has 1 aliphatic rings. The molecule has 0 atom stereocenters. The van der Waals surface area contributed by atoms with Crippen LogP contribution in [0.3, 0.4) is 0 Å². The summed E-state index contributed by atoms with van der Waals surface area (Å²) in [7, 11) is -4.28. The molecule has 0 unspecified atom stereocenters. The Morgan fingerprint density at radius 2 is 1.68 bits per heavy atom. The fourth-order valence-electron chi connectivity index (χ4n) is 4.12. The molecule has 0 radical (unpaired) electrons. The van der Waals surface area contributed by atoms with Crippen molar-refractivity contribution in [3.63, 3.8) is 0 Å². The van der Waals surface area contributed by atoms with Crippen LogP contribution in [-0.2, 0) is 16.2 Å². The average Bonchev–Trinajstić information content (AvgIpc) is 3.73. The highest BCUT2D eigenvalue weighted by molar-refractivity contribution is 7.90. The summed E-state index contributed by atoms with van der Waals surface area (Å²) in [5, 5.41) is 5.92. The molecule has 4 aromatic rings. The molecule has 3 heterocycles. The molecule has 41 heavy (non-hydrogen) atoms. The van der Waals surface area contributed by atoms with Crippen molar-refractivity contribution in [1.82, 2.24) is 25.5 Å². The minimum Gasteiger partial charge on any atom is -0.341 e. The molecular weight excluding hydrogens is 601 g/mol. The summed E-state index contributed by atoms with van der Waals surface area (Å²) in [6, 6.07) is 15.7. The SMILES string of the molecule is O=C(NN/C(=N/S(=O)(=O)c1ccc(-n2nc(C(F)(F)F)cc2-c2cccs2)cc1)N1CCCC1)c1ccc(Cl)cc1. The van der Waals surface area contributed by atoms with E-state index in [1.165, 1.54) is 47.7 Å². The van der Waals surface area contributed by atoms with Crippen LogP contribution in [0.4, 0.5) is 13.2 Å². The lowest BCUT2D eigenvalue weighted by Gasteiger charge is -2.21. The second-order valence-electron chi connectivity index (χ2n) is 8.97. The maximum atomic E-state index is 13.4. The van der Waals surface area contributed by atoms with Crippen molar-refractivity contribution in [2.75, 3.05) is 13.1 Å². The molecular formula is C26H22ClF3N6O3S2. The second-order valence-corrected chi connectivity index (χ2v) is 12.0. The molecule has 1 amide bonds. The smallest absolute Gasteiger partial charge is 0.341 e. The molecule has 0 spiro atoms. The van der Waals surface area contributed by atoms with Crippen molar-refractivity contribution in [3.8, 4) is 16.3 Å². The van der Waals surface area contributed by atoms with Crippen LogP contribution in [0.15, 0.2) is 81.4 Å². The molecule has 0 bridgehead atoms. The van der Waals surface area contributed by atoms with Crippen molar-refractivity contribution in [2.24, 2.45) is 4.40 Å². The number of guanidine groups is 1. The second kappa shape index (κ2) is 11.5. The van der Waals surface area contributed by atoms with Gasteiger partial charge in [0.05, 0.1) is 21.2 Å². The van der Waals surface area contributed by atoms with E-state index in [1.807, 2.05) is 0 Å². The van der Waals surface area contributed by atoms with Crippen LogP contribution in [0.2, 0.25) is 5.02 Å². The van der Waals surface area contributed by atoms with Gasteiger partial charge in [-0.1, -0.05) is 17.7 Å². The van der Waals surface area contributed by atoms with Crippen LogP contribution in [0.5, 0.6) is 0 Å². The Morgan fingerprint density at radius 1 is 1.00 bits per heavy atom. The van der Waals surface area contributed by atoms with Gasteiger partial charge >= 0.3 is 6.18 Å². The molecule has 5 rings (SSSR count). The van der Waals surface area contributed by atoms with E-state index in [2.05, 4.69) is 20.3 Å². The first-order chi connectivity index (χ1) is 19.5. The van der Waals surface area contributed by atoms with Crippen LogP contribution < -0.4 is 10.9 Å². The molecule has 1 aliphatic heterocycles. The Bertz CT molecular complexity index is 1660. The maximum Gasteiger partial charge on any atom is 0.435 e. The van der Waals surface area contributed by atoms with Crippen molar-refractivity contribution < 1.29 is 26.4 Å². The summed E-state index contributed by atoms with van der Waals surface area (Å²) in [6.45, 7) is 1.06. The topological polar surface area (TPSA) is 109 Å². The highest BCUT2D eigenvalue weighted by Gasteiger charge is 2.35. The zero-order chi connectivity index (χ0) is 29.2. The molecule has 0 saturated carbocycles. The van der Waals surface area contributed by atoms with Crippen LogP contribution in [0, 0.1) is 0 Å². The third kappa shape index (κ3) is 6.55. The number of aromatic nitrogens is 2.